The Morgan fingerprint density at radius 1 is 1.12 bits per heavy atom. The Morgan fingerprint density at radius 3 is 2.81 bits per heavy atom. The molecule has 0 radical (unpaired) electrons. The van der Waals surface area contributed by atoms with Gasteiger partial charge in [-0.05, 0) is 37.4 Å². The largest absolute Gasteiger partial charge is 0.313 e. The molecule has 1 saturated carbocycles. The number of hydrogen-bond acceptors (Lipinski definition) is 2. The molecule has 0 amide bonds. The summed E-state index contributed by atoms with van der Waals surface area (Å²) in [6, 6.07) is 0.834. The predicted octanol–water partition coefficient (Wildman–Crippen LogP) is 3.83. The first kappa shape index (κ1) is 12.8. The van der Waals surface area contributed by atoms with E-state index in [2.05, 4.69) is 24.0 Å². The molecule has 2 heteroatoms. The lowest BCUT2D eigenvalue weighted by atomic mass is 9.84. The third-order valence-electron chi connectivity index (χ3n) is 4.27. The van der Waals surface area contributed by atoms with Crippen molar-refractivity contribution in [1.82, 2.24) is 5.32 Å². The maximum atomic E-state index is 3.83. The van der Waals surface area contributed by atoms with Gasteiger partial charge in [-0.15, -0.1) is 0 Å². The average Bonchev–Trinajstić information content (AvgIpc) is 2.38. The van der Waals surface area contributed by atoms with E-state index in [1.54, 1.807) is 0 Å². The highest BCUT2D eigenvalue weighted by Crippen LogP contribution is 2.28. The summed E-state index contributed by atoms with van der Waals surface area (Å²) in [4.78, 5) is 0. The van der Waals surface area contributed by atoms with Crippen LogP contribution < -0.4 is 5.32 Å². The van der Waals surface area contributed by atoms with Crippen LogP contribution in [0, 0.1) is 5.92 Å². The number of rotatable bonds is 4. The van der Waals surface area contributed by atoms with Crippen molar-refractivity contribution < 1.29 is 0 Å². The van der Waals surface area contributed by atoms with Crippen LogP contribution in [-0.2, 0) is 0 Å². The molecular formula is C14H27NS. The van der Waals surface area contributed by atoms with Crippen molar-refractivity contribution in [1.29, 1.82) is 0 Å². The highest BCUT2D eigenvalue weighted by atomic mass is 32.2. The lowest BCUT2D eigenvalue weighted by Crippen LogP contribution is -2.38. The second-order valence-electron chi connectivity index (χ2n) is 5.53. The smallest absolute Gasteiger partial charge is 0.0172 e. The standard InChI is InChI=1S/C14H27NS/c1-2-12-6-5-7-13(10-12)15-11-14-8-3-4-9-16-14/h12-15H,2-11H2,1H3. The van der Waals surface area contributed by atoms with E-state index < -0.39 is 0 Å². The molecule has 3 unspecified atom stereocenters. The van der Waals surface area contributed by atoms with Gasteiger partial charge in [-0.1, -0.05) is 32.6 Å². The lowest BCUT2D eigenvalue weighted by molar-refractivity contribution is 0.279. The van der Waals surface area contributed by atoms with Gasteiger partial charge < -0.3 is 5.32 Å². The predicted molar refractivity (Wildman–Crippen MR) is 74.1 cm³/mol. The first-order valence-electron chi connectivity index (χ1n) is 7.23. The van der Waals surface area contributed by atoms with Gasteiger partial charge in [0, 0.05) is 17.8 Å². The Labute approximate surface area is 105 Å². The highest BCUT2D eigenvalue weighted by molar-refractivity contribution is 7.99. The fourth-order valence-electron chi connectivity index (χ4n) is 3.11. The molecule has 1 saturated heterocycles. The lowest BCUT2D eigenvalue weighted by Gasteiger charge is -2.31. The first-order valence-corrected chi connectivity index (χ1v) is 8.28. The molecule has 0 aromatic heterocycles. The summed E-state index contributed by atoms with van der Waals surface area (Å²) in [7, 11) is 0. The van der Waals surface area contributed by atoms with Gasteiger partial charge in [0.05, 0.1) is 0 Å². The van der Waals surface area contributed by atoms with E-state index in [-0.39, 0.29) is 0 Å². The average molecular weight is 241 g/mol. The van der Waals surface area contributed by atoms with Crippen LogP contribution in [0.15, 0.2) is 0 Å². The number of hydrogen-bond donors (Lipinski definition) is 1. The molecule has 0 aromatic carbocycles. The van der Waals surface area contributed by atoms with E-state index in [9.17, 15) is 0 Å². The molecule has 0 aromatic rings. The van der Waals surface area contributed by atoms with Crippen molar-refractivity contribution in [2.45, 2.75) is 69.6 Å². The van der Waals surface area contributed by atoms with E-state index in [0.717, 1.165) is 17.2 Å². The van der Waals surface area contributed by atoms with Crippen LogP contribution in [0.5, 0.6) is 0 Å². The van der Waals surface area contributed by atoms with Crippen molar-refractivity contribution in [3.05, 3.63) is 0 Å². The van der Waals surface area contributed by atoms with E-state index >= 15 is 0 Å². The second kappa shape index (κ2) is 6.90. The summed E-state index contributed by atoms with van der Waals surface area (Å²) in [5.74, 6) is 2.40. The maximum Gasteiger partial charge on any atom is 0.0172 e. The molecule has 1 aliphatic carbocycles. The SMILES string of the molecule is CCC1CCCC(NCC2CCCCS2)C1. The van der Waals surface area contributed by atoms with Gasteiger partial charge in [0.1, 0.15) is 0 Å². The zero-order valence-corrected chi connectivity index (χ0v) is 11.5. The van der Waals surface area contributed by atoms with Crippen molar-refractivity contribution in [2.24, 2.45) is 5.92 Å². The van der Waals surface area contributed by atoms with E-state index in [4.69, 9.17) is 0 Å². The zero-order chi connectivity index (χ0) is 11.2. The Balaban J connectivity index is 1.64. The van der Waals surface area contributed by atoms with Crippen LogP contribution in [0.4, 0.5) is 0 Å². The topological polar surface area (TPSA) is 12.0 Å². The second-order valence-corrected chi connectivity index (χ2v) is 6.94. The molecule has 1 heterocycles. The molecule has 1 N–H and O–H groups in total. The minimum Gasteiger partial charge on any atom is -0.313 e. The van der Waals surface area contributed by atoms with Gasteiger partial charge >= 0.3 is 0 Å². The van der Waals surface area contributed by atoms with E-state index in [1.165, 1.54) is 63.7 Å². The van der Waals surface area contributed by atoms with Gasteiger partial charge in [0.25, 0.3) is 0 Å². The normalized spacial score (nSPS) is 36.2. The Morgan fingerprint density at radius 2 is 2.06 bits per heavy atom. The van der Waals surface area contributed by atoms with Crippen molar-refractivity contribution in [3.8, 4) is 0 Å². The van der Waals surface area contributed by atoms with Gasteiger partial charge in [0.15, 0.2) is 0 Å². The number of nitrogens with one attached hydrogen (secondary N) is 1. The van der Waals surface area contributed by atoms with Crippen LogP contribution in [-0.4, -0.2) is 23.6 Å². The molecular weight excluding hydrogens is 214 g/mol. The van der Waals surface area contributed by atoms with Gasteiger partial charge in [0.2, 0.25) is 0 Å². The molecule has 0 spiro atoms. The van der Waals surface area contributed by atoms with E-state index in [0.29, 0.717) is 0 Å². The Bertz CT molecular complexity index is 189. The molecule has 2 rings (SSSR count). The number of thioether (sulfide) groups is 1. The molecule has 1 aliphatic heterocycles. The summed E-state index contributed by atoms with van der Waals surface area (Å²) in [6.07, 6.45) is 11.5. The molecule has 16 heavy (non-hydrogen) atoms. The molecule has 2 aliphatic rings. The summed E-state index contributed by atoms with van der Waals surface area (Å²) in [6.45, 7) is 3.62. The molecule has 94 valence electrons. The Kier molecular flexibility index (Phi) is 5.51. The third-order valence-corrected chi connectivity index (χ3v) is 5.67. The van der Waals surface area contributed by atoms with E-state index in [1.807, 2.05) is 0 Å². The summed E-state index contributed by atoms with van der Waals surface area (Å²) >= 11 is 2.20. The van der Waals surface area contributed by atoms with Crippen molar-refractivity contribution >= 4 is 11.8 Å². The monoisotopic (exact) mass is 241 g/mol. The first-order chi connectivity index (χ1) is 7.88. The van der Waals surface area contributed by atoms with Crippen LogP contribution in [0.3, 0.4) is 0 Å². The summed E-state index contributed by atoms with van der Waals surface area (Å²) < 4.78 is 0. The Hall–Kier alpha value is 0.310. The maximum absolute atomic E-state index is 3.83. The highest BCUT2D eigenvalue weighted by Gasteiger charge is 2.21. The fourth-order valence-corrected chi connectivity index (χ4v) is 4.37. The van der Waals surface area contributed by atoms with Crippen LogP contribution >= 0.6 is 11.8 Å². The fraction of sp³-hybridized carbons (Fsp3) is 1.00. The zero-order valence-electron chi connectivity index (χ0n) is 10.7. The van der Waals surface area contributed by atoms with Gasteiger partial charge in [-0.3, -0.25) is 0 Å². The minimum atomic E-state index is 0.834. The van der Waals surface area contributed by atoms with Crippen LogP contribution in [0.25, 0.3) is 0 Å². The van der Waals surface area contributed by atoms with Crippen molar-refractivity contribution in [2.75, 3.05) is 12.3 Å². The molecule has 0 bridgehead atoms. The van der Waals surface area contributed by atoms with Gasteiger partial charge in [-0.2, -0.15) is 11.8 Å². The summed E-state index contributed by atoms with van der Waals surface area (Å²) in [5, 5.41) is 4.75. The molecule has 1 nitrogen and oxygen atoms in total. The molecule has 3 atom stereocenters. The molecule has 2 fully saturated rings. The van der Waals surface area contributed by atoms with Crippen LogP contribution in [0.2, 0.25) is 0 Å². The van der Waals surface area contributed by atoms with Gasteiger partial charge in [-0.25, -0.2) is 0 Å². The van der Waals surface area contributed by atoms with Crippen LogP contribution in [0.1, 0.15) is 58.3 Å². The minimum absolute atomic E-state index is 0.834. The quantitative estimate of drug-likeness (QED) is 0.803. The van der Waals surface area contributed by atoms with Crippen molar-refractivity contribution in [3.63, 3.8) is 0 Å². The third kappa shape index (κ3) is 3.96. The summed E-state index contributed by atoms with van der Waals surface area (Å²) in [5.41, 5.74) is 0.